The van der Waals surface area contributed by atoms with E-state index in [1.54, 1.807) is 7.05 Å². The molecule has 0 radical (unpaired) electrons. The lowest BCUT2D eigenvalue weighted by Crippen LogP contribution is -2.18. The Kier molecular flexibility index (Phi) is 4.26. The lowest BCUT2D eigenvalue weighted by molar-refractivity contribution is 0.200. The number of allylic oxidation sites excluding steroid dienone is 1. The zero-order chi connectivity index (χ0) is 18.1. The minimum atomic E-state index is -0.00512. The van der Waals surface area contributed by atoms with E-state index in [0.717, 1.165) is 59.8 Å². The predicted octanol–water partition coefficient (Wildman–Crippen LogP) is 3.55. The third-order valence-electron chi connectivity index (χ3n) is 5.19. The van der Waals surface area contributed by atoms with E-state index >= 15 is 0 Å². The molecular weight excluding hydrogens is 326 g/mol. The molecule has 0 atom stereocenters. The molecule has 26 heavy (non-hydrogen) atoms. The molecule has 2 aliphatic rings. The monoisotopic (exact) mass is 351 g/mol. The van der Waals surface area contributed by atoms with E-state index in [1.165, 1.54) is 12.8 Å². The number of nitrogens with zero attached hydrogens (tertiary/aromatic N) is 4. The molecule has 0 amide bonds. The molecule has 0 bridgehead atoms. The van der Waals surface area contributed by atoms with Crippen LogP contribution in [0, 0.1) is 0 Å². The summed E-state index contributed by atoms with van der Waals surface area (Å²) in [7, 11) is 1.78. The number of fused-ring (bicyclic) bond motifs is 1. The molecule has 1 aromatic heterocycles. The highest BCUT2D eigenvalue weighted by atomic mass is 16.5. The second kappa shape index (κ2) is 6.59. The second-order valence-electron chi connectivity index (χ2n) is 7.30. The van der Waals surface area contributed by atoms with E-state index in [4.69, 9.17) is 4.74 Å². The van der Waals surface area contributed by atoms with Crippen molar-refractivity contribution in [2.45, 2.75) is 38.2 Å². The molecule has 4 rings (SSSR count). The highest BCUT2D eigenvalue weighted by Gasteiger charge is 2.40. The molecule has 1 saturated carbocycles. The van der Waals surface area contributed by atoms with Crippen LogP contribution in [0.3, 0.4) is 0 Å². The fraction of sp³-hybridized carbons (Fsp3) is 0.450. The summed E-state index contributed by atoms with van der Waals surface area (Å²) in [6.45, 7) is 7.91. The van der Waals surface area contributed by atoms with E-state index in [0.29, 0.717) is 0 Å². The summed E-state index contributed by atoms with van der Waals surface area (Å²) < 4.78 is 6.11. The minimum Gasteiger partial charge on any atom is -0.488 e. The van der Waals surface area contributed by atoms with Gasteiger partial charge < -0.3 is 9.64 Å². The summed E-state index contributed by atoms with van der Waals surface area (Å²) in [6, 6.07) is 6.05. The van der Waals surface area contributed by atoms with Gasteiger partial charge in [-0.2, -0.15) is 5.10 Å². The molecule has 6 nitrogen and oxygen atoms in total. The van der Waals surface area contributed by atoms with E-state index in [-0.39, 0.29) is 5.60 Å². The molecule has 2 fully saturated rings. The maximum absolute atomic E-state index is 6.11. The molecule has 1 saturated heterocycles. The van der Waals surface area contributed by atoms with Crippen LogP contribution in [-0.2, 0) is 0 Å². The molecule has 6 heteroatoms. The van der Waals surface area contributed by atoms with Crippen molar-refractivity contribution in [3.63, 3.8) is 0 Å². The fourth-order valence-corrected chi connectivity index (χ4v) is 3.36. The molecule has 0 spiro atoms. The van der Waals surface area contributed by atoms with Gasteiger partial charge in [-0.05, 0) is 57.5 Å². The van der Waals surface area contributed by atoms with Crippen molar-refractivity contribution < 1.29 is 4.74 Å². The first-order valence-corrected chi connectivity index (χ1v) is 9.19. The van der Waals surface area contributed by atoms with Crippen LogP contribution >= 0.6 is 0 Å². The maximum Gasteiger partial charge on any atom is 0.129 e. The Balaban J connectivity index is 1.69. The van der Waals surface area contributed by atoms with Crippen molar-refractivity contribution in [3.8, 4) is 5.75 Å². The smallest absolute Gasteiger partial charge is 0.129 e. The predicted molar refractivity (Wildman–Crippen MR) is 105 cm³/mol. The van der Waals surface area contributed by atoms with Gasteiger partial charge in [0, 0.05) is 31.6 Å². The summed E-state index contributed by atoms with van der Waals surface area (Å²) in [6.07, 6.45) is 6.58. The number of aromatic nitrogens is 2. The van der Waals surface area contributed by atoms with E-state index in [9.17, 15) is 0 Å². The Morgan fingerprint density at radius 3 is 2.77 bits per heavy atom. The number of benzene rings is 1. The third kappa shape index (κ3) is 3.23. The van der Waals surface area contributed by atoms with Crippen molar-refractivity contribution in [1.82, 2.24) is 15.1 Å². The van der Waals surface area contributed by atoms with Crippen LogP contribution in [0.25, 0.3) is 10.9 Å². The van der Waals surface area contributed by atoms with Gasteiger partial charge in [-0.15, -0.1) is 0 Å². The Morgan fingerprint density at radius 1 is 1.35 bits per heavy atom. The van der Waals surface area contributed by atoms with E-state index < -0.39 is 0 Å². The van der Waals surface area contributed by atoms with Crippen LogP contribution < -0.4 is 4.74 Å². The standard InChI is InChI=1S/C20H25N5O/c1-20(8-9-20)26-14-6-7-16-15(12-14)19(24-23-16)17(21-2)13-18(22-3)25-10-4-5-11-25/h6-7,12-13H,3-5,8-11H2,1-2H3,(H,23,24)/b18-13+,21-17?. The Hall–Kier alpha value is -2.63. The number of nitrogens with one attached hydrogen (secondary N) is 1. The lowest BCUT2D eigenvalue weighted by Gasteiger charge is -2.17. The van der Waals surface area contributed by atoms with Crippen molar-refractivity contribution in [3.05, 3.63) is 35.8 Å². The first-order chi connectivity index (χ1) is 12.6. The Morgan fingerprint density at radius 2 is 2.12 bits per heavy atom. The number of aromatic amines is 1. The number of hydrogen-bond acceptors (Lipinski definition) is 5. The number of likely N-dealkylation sites (tertiary alicyclic amines) is 1. The maximum atomic E-state index is 6.11. The number of hydrogen-bond donors (Lipinski definition) is 1. The largest absolute Gasteiger partial charge is 0.488 e. The summed E-state index contributed by atoms with van der Waals surface area (Å²) >= 11 is 0. The number of ether oxygens (including phenoxy) is 1. The average Bonchev–Trinajstić information content (AvgIpc) is 3.07. The van der Waals surface area contributed by atoms with Gasteiger partial charge in [0.05, 0.1) is 11.2 Å². The van der Waals surface area contributed by atoms with Gasteiger partial charge in [-0.25, -0.2) is 4.99 Å². The van der Waals surface area contributed by atoms with E-state index in [1.807, 2.05) is 24.3 Å². The molecule has 2 heterocycles. The highest BCUT2D eigenvalue weighted by Crippen LogP contribution is 2.40. The van der Waals surface area contributed by atoms with Gasteiger partial charge in [0.1, 0.15) is 22.9 Å². The van der Waals surface area contributed by atoms with Crippen molar-refractivity contribution in [1.29, 1.82) is 0 Å². The molecular formula is C20H25N5O. The van der Waals surface area contributed by atoms with Crippen LogP contribution in [0.1, 0.15) is 38.3 Å². The van der Waals surface area contributed by atoms with Crippen molar-refractivity contribution in [2.75, 3.05) is 20.1 Å². The van der Waals surface area contributed by atoms with Gasteiger partial charge in [-0.1, -0.05) is 0 Å². The van der Waals surface area contributed by atoms with Gasteiger partial charge >= 0.3 is 0 Å². The molecule has 136 valence electrons. The average molecular weight is 351 g/mol. The first-order valence-electron chi connectivity index (χ1n) is 9.19. The molecule has 1 aliphatic carbocycles. The summed E-state index contributed by atoms with van der Waals surface area (Å²) in [5.41, 5.74) is 2.57. The lowest BCUT2D eigenvalue weighted by atomic mass is 10.1. The zero-order valence-corrected chi connectivity index (χ0v) is 15.5. The Bertz CT molecular complexity index is 885. The summed E-state index contributed by atoms with van der Waals surface area (Å²) in [4.78, 5) is 10.9. The van der Waals surface area contributed by atoms with Crippen molar-refractivity contribution in [2.24, 2.45) is 9.98 Å². The van der Waals surface area contributed by atoms with Crippen LogP contribution in [0.2, 0.25) is 0 Å². The van der Waals surface area contributed by atoms with Crippen LogP contribution in [0.4, 0.5) is 0 Å². The molecule has 2 aromatic rings. The molecule has 1 N–H and O–H groups in total. The summed E-state index contributed by atoms with van der Waals surface area (Å²) in [5, 5.41) is 8.60. The van der Waals surface area contributed by atoms with Gasteiger partial charge in [0.25, 0.3) is 0 Å². The van der Waals surface area contributed by atoms with Crippen LogP contribution in [0.5, 0.6) is 5.75 Å². The van der Waals surface area contributed by atoms with Crippen LogP contribution in [-0.4, -0.2) is 53.3 Å². The van der Waals surface area contributed by atoms with Crippen molar-refractivity contribution >= 4 is 23.3 Å². The summed E-state index contributed by atoms with van der Waals surface area (Å²) in [5.74, 6) is 1.73. The molecule has 1 aliphatic heterocycles. The van der Waals surface area contributed by atoms with Gasteiger partial charge in [0.2, 0.25) is 0 Å². The molecule has 1 aromatic carbocycles. The topological polar surface area (TPSA) is 65.9 Å². The highest BCUT2D eigenvalue weighted by molar-refractivity contribution is 6.15. The van der Waals surface area contributed by atoms with Gasteiger partial charge in [-0.3, -0.25) is 10.1 Å². The molecule has 0 unspecified atom stereocenters. The third-order valence-corrected chi connectivity index (χ3v) is 5.19. The zero-order valence-electron chi connectivity index (χ0n) is 15.5. The number of rotatable bonds is 6. The fourth-order valence-electron chi connectivity index (χ4n) is 3.36. The first kappa shape index (κ1) is 16.8. The Labute approximate surface area is 153 Å². The number of H-pyrrole nitrogens is 1. The second-order valence-corrected chi connectivity index (χ2v) is 7.30. The van der Waals surface area contributed by atoms with Crippen LogP contribution in [0.15, 0.2) is 40.1 Å². The SMILES string of the molecule is C=N/C(=C\C(=NC)c1n[nH]c2ccc(OC3(C)CC3)cc12)N1CCCC1. The normalized spacial score (nSPS) is 19.8. The minimum absolute atomic E-state index is 0.00512. The number of aliphatic imine (C=N–C) groups is 2. The van der Waals surface area contributed by atoms with Gasteiger partial charge in [0.15, 0.2) is 0 Å². The quantitative estimate of drug-likeness (QED) is 0.810. The van der Waals surface area contributed by atoms with E-state index in [2.05, 4.69) is 38.7 Å².